The van der Waals surface area contributed by atoms with E-state index in [-0.39, 0.29) is 16.1 Å². The van der Waals surface area contributed by atoms with E-state index in [1.165, 1.54) is 13.1 Å². The summed E-state index contributed by atoms with van der Waals surface area (Å²) in [6, 6.07) is 13.2. The van der Waals surface area contributed by atoms with Gasteiger partial charge in [-0.05, 0) is 42.4 Å². The van der Waals surface area contributed by atoms with E-state index in [4.69, 9.17) is 0 Å². The molecule has 0 amide bonds. The van der Waals surface area contributed by atoms with Gasteiger partial charge in [-0.3, -0.25) is 4.99 Å². The number of hydrogen-bond acceptors (Lipinski definition) is 3. The molecule has 6 nitrogen and oxygen atoms in total. The SMILES string of the molecule is CN=C(NCc1ccc(S(=O)(=O)NC)cc1)NCC(C)(C)c1cccc(F)c1. The minimum absolute atomic E-state index is 0.220. The first-order chi connectivity index (χ1) is 13.2. The van der Waals surface area contributed by atoms with Crippen LogP contribution in [0.1, 0.15) is 25.0 Å². The normalized spacial score (nSPS) is 12.7. The number of hydrogen-bond donors (Lipinski definition) is 3. The van der Waals surface area contributed by atoms with Gasteiger partial charge in [0.25, 0.3) is 0 Å². The monoisotopic (exact) mass is 406 g/mol. The number of sulfonamides is 1. The van der Waals surface area contributed by atoms with E-state index < -0.39 is 10.0 Å². The van der Waals surface area contributed by atoms with Crippen LogP contribution in [0.25, 0.3) is 0 Å². The van der Waals surface area contributed by atoms with E-state index in [0.29, 0.717) is 19.0 Å². The molecule has 0 atom stereocenters. The fourth-order valence-electron chi connectivity index (χ4n) is 2.63. The molecular formula is C20H27FN4O2S. The van der Waals surface area contributed by atoms with Crippen molar-refractivity contribution in [3.63, 3.8) is 0 Å². The molecule has 0 saturated carbocycles. The molecular weight excluding hydrogens is 379 g/mol. The highest BCUT2D eigenvalue weighted by Gasteiger charge is 2.21. The molecule has 0 heterocycles. The van der Waals surface area contributed by atoms with Crippen LogP contribution in [0.2, 0.25) is 0 Å². The molecule has 3 N–H and O–H groups in total. The van der Waals surface area contributed by atoms with Gasteiger partial charge in [-0.1, -0.05) is 38.1 Å². The highest BCUT2D eigenvalue weighted by molar-refractivity contribution is 7.89. The zero-order valence-corrected chi connectivity index (χ0v) is 17.4. The smallest absolute Gasteiger partial charge is 0.240 e. The quantitative estimate of drug-likeness (QED) is 0.487. The van der Waals surface area contributed by atoms with Gasteiger partial charge in [0.05, 0.1) is 4.90 Å². The fourth-order valence-corrected chi connectivity index (χ4v) is 3.36. The Bertz CT molecular complexity index is 925. The molecule has 28 heavy (non-hydrogen) atoms. The Hall–Kier alpha value is -2.45. The molecule has 0 aliphatic carbocycles. The Morgan fingerprint density at radius 3 is 2.36 bits per heavy atom. The standard InChI is InChI=1S/C20H27FN4O2S/c1-20(2,16-6-5-7-17(21)12-16)14-25-19(22-3)24-13-15-8-10-18(11-9-15)28(26,27)23-4/h5-12,23H,13-14H2,1-4H3,(H2,22,24,25). The summed E-state index contributed by atoms with van der Waals surface area (Å²) in [7, 11) is -0.384. The molecule has 0 fully saturated rings. The topological polar surface area (TPSA) is 82.6 Å². The van der Waals surface area contributed by atoms with Gasteiger partial charge in [0.1, 0.15) is 5.82 Å². The summed E-state index contributed by atoms with van der Waals surface area (Å²) in [5, 5.41) is 6.45. The third kappa shape index (κ3) is 5.77. The maximum atomic E-state index is 13.5. The van der Waals surface area contributed by atoms with Crippen LogP contribution in [0.15, 0.2) is 58.4 Å². The number of aliphatic imine (C=N–C) groups is 1. The summed E-state index contributed by atoms with van der Waals surface area (Å²) in [4.78, 5) is 4.42. The maximum absolute atomic E-state index is 13.5. The Morgan fingerprint density at radius 1 is 1.11 bits per heavy atom. The Labute approximate surface area is 166 Å². The lowest BCUT2D eigenvalue weighted by molar-refractivity contribution is 0.503. The van der Waals surface area contributed by atoms with Crippen LogP contribution >= 0.6 is 0 Å². The van der Waals surface area contributed by atoms with Crippen LogP contribution in [-0.4, -0.2) is 35.0 Å². The van der Waals surface area contributed by atoms with Crippen molar-refractivity contribution in [1.82, 2.24) is 15.4 Å². The lowest BCUT2D eigenvalue weighted by Gasteiger charge is -2.27. The predicted molar refractivity (Wildman–Crippen MR) is 110 cm³/mol. The molecule has 0 aliphatic rings. The second-order valence-corrected chi connectivity index (χ2v) is 8.91. The minimum Gasteiger partial charge on any atom is -0.356 e. The van der Waals surface area contributed by atoms with Gasteiger partial charge >= 0.3 is 0 Å². The number of nitrogens with zero attached hydrogens (tertiary/aromatic N) is 1. The number of guanidine groups is 1. The van der Waals surface area contributed by atoms with Crippen LogP contribution in [-0.2, 0) is 22.0 Å². The van der Waals surface area contributed by atoms with Crippen molar-refractivity contribution in [2.75, 3.05) is 20.6 Å². The van der Waals surface area contributed by atoms with Gasteiger partial charge in [-0.15, -0.1) is 0 Å². The average molecular weight is 407 g/mol. The molecule has 0 aromatic heterocycles. The van der Waals surface area contributed by atoms with Crippen LogP contribution < -0.4 is 15.4 Å². The Kier molecular flexibility index (Phi) is 7.15. The van der Waals surface area contributed by atoms with E-state index >= 15 is 0 Å². The highest BCUT2D eigenvalue weighted by Crippen LogP contribution is 2.22. The van der Waals surface area contributed by atoms with Crippen molar-refractivity contribution in [2.45, 2.75) is 30.7 Å². The Morgan fingerprint density at radius 2 is 1.79 bits per heavy atom. The first kappa shape index (κ1) is 21.8. The van der Waals surface area contributed by atoms with Crippen LogP contribution in [0.3, 0.4) is 0 Å². The first-order valence-electron chi connectivity index (χ1n) is 8.91. The van der Waals surface area contributed by atoms with Crippen molar-refractivity contribution in [3.05, 3.63) is 65.5 Å². The third-order valence-electron chi connectivity index (χ3n) is 4.49. The number of halogens is 1. The largest absolute Gasteiger partial charge is 0.356 e. The van der Waals surface area contributed by atoms with E-state index in [1.807, 2.05) is 19.9 Å². The predicted octanol–water partition coefficient (Wildman–Crippen LogP) is 2.38. The Balaban J connectivity index is 1.94. The summed E-state index contributed by atoms with van der Waals surface area (Å²) in [5.74, 6) is 0.355. The van der Waals surface area contributed by atoms with Gasteiger partial charge in [-0.25, -0.2) is 17.5 Å². The number of benzene rings is 2. The van der Waals surface area contributed by atoms with Gasteiger partial charge in [0.2, 0.25) is 10.0 Å². The van der Waals surface area contributed by atoms with Crippen molar-refractivity contribution in [3.8, 4) is 0 Å². The lowest BCUT2D eigenvalue weighted by Crippen LogP contribution is -2.43. The molecule has 0 spiro atoms. The van der Waals surface area contributed by atoms with Gasteiger partial charge in [0.15, 0.2) is 5.96 Å². The second kappa shape index (κ2) is 9.16. The number of nitrogens with one attached hydrogen (secondary N) is 3. The zero-order chi connectivity index (χ0) is 20.8. The summed E-state index contributed by atoms with van der Waals surface area (Å²) in [6.07, 6.45) is 0. The van der Waals surface area contributed by atoms with Crippen molar-refractivity contribution in [2.24, 2.45) is 4.99 Å². The first-order valence-corrected chi connectivity index (χ1v) is 10.4. The van der Waals surface area contributed by atoms with E-state index in [0.717, 1.165) is 11.1 Å². The summed E-state index contributed by atoms with van der Waals surface area (Å²) < 4.78 is 39.3. The molecule has 152 valence electrons. The van der Waals surface area contributed by atoms with Crippen LogP contribution in [0.4, 0.5) is 4.39 Å². The third-order valence-corrected chi connectivity index (χ3v) is 5.92. The molecule has 0 aliphatic heterocycles. The van der Waals surface area contributed by atoms with Gasteiger partial charge in [-0.2, -0.15) is 0 Å². The summed E-state index contributed by atoms with van der Waals surface area (Å²) in [5.41, 5.74) is 1.53. The van der Waals surface area contributed by atoms with Gasteiger partial charge < -0.3 is 10.6 Å². The van der Waals surface area contributed by atoms with E-state index in [1.54, 1.807) is 43.4 Å². The lowest BCUT2D eigenvalue weighted by atomic mass is 9.84. The zero-order valence-electron chi connectivity index (χ0n) is 16.6. The minimum atomic E-state index is -3.44. The molecule has 0 radical (unpaired) electrons. The van der Waals surface area contributed by atoms with E-state index in [9.17, 15) is 12.8 Å². The maximum Gasteiger partial charge on any atom is 0.240 e. The molecule has 2 aromatic rings. The van der Waals surface area contributed by atoms with Crippen LogP contribution in [0, 0.1) is 5.82 Å². The number of rotatable bonds is 7. The average Bonchev–Trinajstić information content (AvgIpc) is 2.68. The highest BCUT2D eigenvalue weighted by atomic mass is 32.2. The fraction of sp³-hybridized carbons (Fsp3) is 0.350. The van der Waals surface area contributed by atoms with Crippen LogP contribution in [0.5, 0.6) is 0 Å². The molecule has 2 aromatic carbocycles. The molecule has 2 rings (SSSR count). The van der Waals surface area contributed by atoms with Crippen molar-refractivity contribution >= 4 is 16.0 Å². The van der Waals surface area contributed by atoms with Crippen molar-refractivity contribution < 1.29 is 12.8 Å². The molecule has 0 unspecified atom stereocenters. The molecule has 0 bridgehead atoms. The molecule has 8 heteroatoms. The summed E-state index contributed by atoms with van der Waals surface area (Å²) in [6.45, 7) is 5.11. The van der Waals surface area contributed by atoms with Crippen molar-refractivity contribution in [1.29, 1.82) is 0 Å². The summed E-state index contributed by atoms with van der Waals surface area (Å²) >= 11 is 0. The van der Waals surface area contributed by atoms with E-state index in [2.05, 4.69) is 20.3 Å². The van der Waals surface area contributed by atoms with Gasteiger partial charge in [0, 0.05) is 25.6 Å². The molecule has 0 saturated heterocycles. The second-order valence-electron chi connectivity index (χ2n) is 7.03.